The van der Waals surface area contributed by atoms with E-state index in [1.54, 1.807) is 42.3 Å². The van der Waals surface area contributed by atoms with E-state index >= 15 is 0 Å². The molecule has 3 aromatic rings. The maximum absolute atomic E-state index is 13.5. The van der Waals surface area contributed by atoms with E-state index in [9.17, 15) is 9.59 Å². The van der Waals surface area contributed by atoms with E-state index in [-0.39, 0.29) is 24.1 Å². The Morgan fingerprint density at radius 3 is 2.29 bits per heavy atom. The number of nitrogens with zero attached hydrogens (tertiary/aromatic N) is 1. The topological polar surface area (TPSA) is 49.4 Å². The van der Waals surface area contributed by atoms with E-state index in [2.05, 4.69) is 5.32 Å². The summed E-state index contributed by atoms with van der Waals surface area (Å²) in [5, 5.41) is 4.60. The van der Waals surface area contributed by atoms with Crippen LogP contribution in [-0.2, 0) is 28.3 Å². The van der Waals surface area contributed by atoms with E-state index in [1.165, 1.54) is 11.8 Å². The minimum Gasteiger partial charge on any atom is -0.357 e. The number of nitrogens with one attached hydrogen (secondary N) is 1. The Labute approximate surface area is 229 Å². The monoisotopic (exact) mass is 568 g/mol. The van der Waals surface area contributed by atoms with Gasteiger partial charge in [-0.05, 0) is 41.0 Å². The summed E-state index contributed by atoms with van der Waals surface area (Å²) in [6, 6.07) is 19.4. The van der Waals surface area contributed by atoms with Gasteiger partial charge in [-0.3, -0.25) is 9.59 Å². The molecule has 0 aromatic heterocycles. The number of amides is 2. The van der Waals surface area contributed by atoms with Gasteiger partial charge in [0, 0.05) is 35.8 Å². The average Bonchev–Trinajstić information content (AvgIpc) is 2.84. The summed E-state index contributed by atoms with van der Waals surface area (Å²) < 4.78 is 0. The Hall–Kier alpha value is -1.89. The lowest BCUT2D eigenvalue weighted by Gasteiger charge is -2.31. The number of likely N-dealkylation sites (N-methyl/N-ethyl adjacent to an activating group) is 1. The van der Waals surface area contributed by atoms with Gasteiger partial charge in [-0.2, -0.15) is 0 Å². The summed E-state index contributed by atoms with van der Waals surface area (Å²) in [4.78, 5) is 28.0. The fourth-order valence-electron chi connectivity index (χ4n) is 3.52. The van der Waals surface area contributed by atoms with Crippen LogP contribution in [0.25, 0.3) is 0 Å². The Bertz CT molecular complexity index is 1180. The second-order valence-corrected chi connectivity index (χ2v) is 10.5. The zero-order chi connectivity index (χ0) is 25.4. The molecular weight excluding hydrogens is 546 g/mol. The third kappa shape index (κ3) is 8.06. The second kappa shape index (κ2) is 13.4. The highest BCUT2D eigenvalue weighted by atomic mass is 35.5. The minimum absolute atomic E-state index is 0.174. The molecule has 0 unspecified atom stereocenters. The molecular formula is C26H24Cl4N2O2S. The van der Waals surface area contributed by atoms with Crippen molar-refractivity contribution in [3.05, 3.63) is 104 Å². The molecule has 1 atom stereocenters. The van der Waals surface area contributed by atoms with Crippen LogP contribution in [-0.4, -0.2) is 35.6 Å². The van der Waals surface area contributed by atoms with Gasteiger partial charge in [-0.1, -0.05) is 88.9 Å². The molecule has 0 aliphatic rings. The van der Waals surface area contributed by atoms with Crippen LogP contribution >= 0.6 is 58.2 Å². The van der Waals surface area contributed by atoms with Gasteiger partial charge in [-0.25, -0.2) is 0 Å². The molecule has 1 N–H and O–H groups in total. The van der Waals surface area contributed by atoms with E-state index < -0.39 is 6.04 Å². The second-order valence-electron chi connectivity index (χ2n) is 7.82. The number of benzene rings is 3. The Kier molecular flexibility index (Phi) is 10.6. The van der Waals surface area contributed by atoms with Crippen LogP contribution in [0.4, 0.5) is 0 Å². The van der Waals surface area contributed by atoms with Gasteiger partial charge in [0.05, 0.1) is 15.8 Å². The first-order valence-corrected chi connectivity index (χ1v) is 13.5. The van der Waals surface area contributed by atoms with Crippen molar-refractivity contribution in [2.45, 2.75) is 24.8 Å². The molecule has 0 aliphatic carbocycles. The Balaban J connectivity index is 1.83. The predicted octanol–water partition coefficient (Wildman–Crippen LogP) is 6.92. The van der Waals surface area contributed by atoms with Crippen molar-refractivity contribution in [3.63, 3.8) is 0 Å². The molecule has 0 bridgehead atoms. The van der Waals surface area contributed by atoms with Gasteiger partial charge < -0.3 is 10.2 Å². The lowest BCUT2D eigenvalue weighted by atomic mass is 10.0. The molecule has 35 heavy (non-hydrogen) atoms. The molecule has 9 heteroatoms. The Morgan fingerprint density at radius 1 is 0.886 bits per heavy atom. The van der Waals surface area contributed by atoms with Crippen molar-refractivity contribution in [3.8, 4) is 0 Å². The van der Waals surface area contributed by atoms with Crippen molar-refractivity contribution in [1.29, 1.82) is 0 Å². The summed E-state index contributed by atoms with van der Waals surface area (Å²) in [7, 11) is 1.57. The van der Waals surface area contributed by atoms with Crippen LogP contribution < -0.4 is 5.32 Å². The zero-order valence-corrected chi connectivity index (χ0v) is 22.8. The zero-order valence-electron chi connectivity index (χ0n) is 18.9. The Morgan fingerprint density at radius 2 is 1.63 bits per heavy atom. The van der Waals surface area contributed by atoms with Gasteiger partial charge in [0.25, 0.3) is 0 Å². The highest BCUT2D eigenvalue weighted by Crippen LogP contribution is 2.27. The van der Waals surface area contributed by atoms with Crippen LogP contribution in [0.3, 0.4) is 0 Å². The summed E-state index contributed by atoms with van der Waals surface area (Å²) in [5.41, 5.74) is 2.61. The molecule has 0 heterocycles. The van der Waals surface area contributed by atoms with E-state index in [0.717, 1.165) is 11.1 Å². The standard InChI is InChI=1S/C26H24Cl4N2O2S/c1-31-26(34)24(12-17-5-3-2-4-6-17)32(14-19-8-9-20(27)13-22(19)29)25(33)16-35-15-18-7-10-21(28)23(30)11-18/h2-11,13,24H,12,14-16H2,1H3,(H,31,34)/t24-/m0/s1. The molecule has 3 aromatic carbocycles. The van der Waals surface area contributed by atoms with E-state index in [4.69, 9.17) is 46.4 Å². The SMILES string of the molecule is CNC(=O)[C@H](Cc1ccccc1)N(Cc1ccc(Cl)cc1Cl)C(=O)CSCc1ccc(Cl)c(Cl)c1. The van der Waals surface area contributed by atoms with Crippen LogP contribution in [0.1, 0.15) is 16.7 Å². The number of hydrogen-bond donors (Lipinski definition) is 1. The average molecular weight is 570 g/mol. The first kappa shape index (κ1) is 27.7. The van der Waals surface area contributed by atoms with E-state index in [1.807, 2.05) is 36.4 Å². The first-order valence-electron chi connectivity index (χ1n) is 10.8. The van der Waals surface area contributed by atoms with Crippen molar-refractivity contribution < 1.29 is 9.59 Å². The van der Waals surface area contributed by atoms with Crippen molar-refractivity contribution in [2.24, 2.45) is 0 Å². The molecule has 2 amide bonds. The number of carbonyl (C=O) groups is 2. The van der Waals surface area contributed by atoms with Gasteiger partial charge >= 0.3 is 0 Å². The molecule has 0 saturated carbocycles. The number of halogens is 4. The third-order valence-electron chi connectivity index (χ3n) is 5.35. The van der Waals surface area contributed by atoms with Gasteiger partial charge in [0.2, 0.25) is 11.8 Å². The highest BCUT2D eigenvalue weighted by Gasteiger charge is 2.30. The number of rotatable bonds is 10. The van der Waals surface area contributed by atoms with Crippen LogP contribution in [0.15, 0.2) is 66.7 Å². The molecule has 0 saturated heterocycles. The fraction of sp³-hybridized carbons (Fsp3) is 0.231. The van der Waals surface area contributed by atoms with Crippen molar-refractivity contribution in [2.75, 3.05) is 12.8 Å². The smallest absolute Gasteiger partial charge is 0.242 e. The quantitative estimate of drug-likeness (QED) is 0.288. The summed E-state index contributed by atoms with van der Waals surface area (Å²) in [5.74, 6) is 0.322. The van der Waals surface area contributed by atoms with Gasteiger partial charge in [0.15, 0.2) is 0 Å². The maximum atomic E-state index is 13.5. The van der Waals surface area contributed by atoms with Crippen LogP contribution in [0.2, 0.25) is 20.1 Å². The van der Waals surface area contributed by atoms with Crippen LogP contribution in [0.5, 0.6) is 0 Å². The predicted molar refractivity (Wildman–Crippen MR) is 148 cm³/mol. The van der Waals surface area contributed by atoms with Crippen molar-refractivity contribution in [1.82, 2.24) is 10.2 Å². The van der Waals surface area contributed by atoms with Gasteiger partial charge in [-0.15, -0.1) is 11.8 Å². The van der Waals surface area contributed by atoms with Gasteiger partial charge in [0.1, 0.15) is 6.04 Å². The minimum atomic E-state index is -0.716. The summed E-state index contributed by atoms with van der Waals surface area (Å²) >= 11 is 26.0. The highest BCUT2D eigenvalue weighted by molar-refractivity contribution is 7.99. The van der Waals surface area contributed by atoms with Crippen molar-refractivity contribution >= 4 is 70.0 Å². The van der Waals surface area contributed by atoms with E-state index in [0.29, 0.717) is 37.8 Å². The molecule has 0 radical (unpaired) electrons. The van der Waals surface area contributed by atoms with Crippen LogP contribution in [0, 0.1) is 0 Å². The largest absolute Gasteiger partial charge is 0.357 e. The molecule has 4 nitrogen and oxygen atoms in total. The molecule has 0 fully saturated rings. The summed E-state index contributed by atoms with van der Waals surface area (Å²) in [6.45, 7) is 0.174. The molecule has 184 valence electrons. The first-order chi connectivity index (χ1) is 16.8. The third-order valence-corrected chi connectivity index (χ3v) is 7.67. The number of hydrogen-bond acceptors (Lipinski definition) is 3. The molecule has 0 aliphatic heterocycles. The maximum Gasteiger partial charge on any atom is 0.242 e. The lowest BCUT2D eigenvalue weighted by Crippen LogP contribution is -2.50. The molecule has 0 spiro atoms. The number of carbonyl (C=O) groups excluding carboxylic acids is 2. The summed E-state index contributed by atoms with van der Waals surface area (Å²) in [6.07, 6.45) is 0.370. The normalized spacial score (nSPS) is 11.7. The fourth-order valence-corrected chi connectivity index (χ4v) is 5.17. The molecule has 3 rings (SSSR count). The lowest BCUT2D eigenvalue weighted by molar-refractivity contribution is -0.139. The number of thioether (sulfide) groups is 1.